The first-order valence-corrected chi connectivity index (χ1v) is 19.6. The third kappa shape index (κ3) is 5.05. The van der Waals surface area contributed by atoms with Crippen molar-refractivity contribution in [3.63, 3.8) is 0 Å². The maximum Gasteiger partial charge on any atom is 0.182 e. The molecule has 0 radical (unpaired) electrons. The second-order valence-electron chi connectivity index (χ2n) is 14.2. The fourth-order valence-electron chi connectivity index (χ4n) is 8.58. The summed E-state index contributed by atoms with van der Waals surface area (Å²) in [5, 5.41) is 2.55. The van der Waals surface area contributed by atoms with Gasteiger partial charge in [-0.3, -0.25) is 4.98 Å². The molecule has 0 aliphatic heterocycles. The first-order chi connectivity index (χ1) is 27.8. The molecular weight excluding hydrogens is 701 g/mol. The molecular formula is C51H32N4S. The van der Waals surface area contributed by atoms with E-state index in [0.29, 0.717) is 23.2 Å². The molecule has 1 aliphatic rings. The Morgan fingerprint density at radius 2 is 0.982 bits per heavy atom. The van der Waals surface area contributed by atoms with Crippen LogP contribution in [0.3, 0.4) is 0 Å². The standard InChI is InChI=1S/C51H32N4S/c1-4-15-33(16-5-1)48-53-49(55-50(54-48)45-30-28-35(32-52-45)38-23-14-24-42-41-22-11-13-26-46(41)56-47(38)42)34-27-29-40-39-21-10-12-25-43(39)51(44(40)31-34,36-17-6-2-7-18-36)37-19-8-3-9-20-37/h1-32H. The fraction of sp³-hybridized carbons (Fsp3) is 0.0196. The minimum atomic E-state index is -0.531. The van der Waals surface area contributed by atoms with Crippen molar-refractivity contribution in [2.24, 2.45) is 0 Å². The summed E-state index contributed by atoms with van der Waals surface area (Å²) in [6.07, 6.45) is 1.95. The Morgan fingerprint density at radius 3 is 1.73 bits per heavy atom. The zero-order valence-electron chi connectivity index (χ0n) is 30.2. The van der Waals surface area contributed by atoms with Crippen LogP contribution in [0.2, 0.25) is 0 Å². The van der Waals surface area contributed by atoms with Crippen molar-refractivity contribution in [1.82, 2.24) is 19.9 Å². The summed E-state index contributed by atoms with van der Waals surface area (Å²) in [7, 11) is 0. The van der Waals surface area contributed by atoms with Crippen molar-refractivity contribution in [3.8, 4) is 56.5 Å². The van der Waals surface area contributed by atoms with Crippen molar-refractivity contribution < 1.29 is 0 Å². The Kier molecular flexibility index (Phi) is 7.54. The Balaban J connectivity index is 1.08. The number of thiophene rings is 1. The Labute approximate surface area is 328 Å². The Morgan fingerprint density at radius 1 is 0.393 bits per heavy atom. The molecule has 3 aromatic heterocycles. The molecule has 56 heavy (non-hydrogen) atoms. The topological polar surface area (TPSA) is 51.6 Å². The van der Waals surface area contributed by atoms with E-state index in [4.69, 9.17) is 19.9 Å². The van der Waals surface area contributed by atoms with Crippen LogP contribution in [-0.4, -0.2) is 19.9 Å². The quantitative estimate of drug-likeness (QED) is 0.171. The normalized spacial score (nSPS) is 12.8. The number of hydrogen-bond acceptors (Lipinski definition) is 5. The molecule has 0 unspecified atom stereocenters. The number of pyridine rings is 1. The molecule has 262 valence electrons. The van der Waals surface area contributed by atoms with Gasteiger partial charge in [-0.1, -0.05) is 170 Å². The Hall–Kier alpha value is -7.08. The number of rotatable bonds is 6. The smallest absolute Gasteiger partial charge is 0.182 e. The summed E-state index contributed by atoms with van der Waals surface area (Å²) in [4.78, 5) is 20.3. The maximum absolute atomic E-state index is 5.17. The molecule has 11 rings (SSSR count). The third-order valence-electron chi connectivity index (χ3n) is 11.1. The van der Waals surface area contributed by atoms with Crippen LogP contribution in [0.1, 0.15) is 22.3 Å². The molecule has 0 bridgehead atoms. The first-order valence-electron chi connectivity index (χ1n) is 18.8. The van der Waals surface area contributed by atoms with Gasteiger partial charge in [-0.15, -0.1) is 11.3 Å². The van der Waals surface area contributed by atoms with E-state index >= 15 is 0 Å². The van der Waals surface area contributed by atoms with Crippen LogP contribution in [0.5, 0.6) is 0 Å². The predicted molar refractivity (Wildman–Crippen MR) is 230 cm³/mol. The maximum atomic E-state index is 5.17. The van der Waals surface area contributed by atoms with Crippen molar-refractivity contribution in [1.29, 1.82) is 0 Å². The molecule has 4 nitrogen and oxygen atoms in total. The molecule has 1 aliphatic carbocycles. The summed E-state index contributed by atoms with van der Waals surface area (Å²) >= 11 is 1.82. The van der Waals surface area contributed by atoms with Crippen LogP contribution < -0.4 is 0 Å². The summed E-state index contributed by atoms with van der Waals surface area (Å²) in [5.41, 5.74) is 11.6. The van der Waals surface area contributed by atoms with Gasteiger partial charge >= 0.3 is 0 Å². The zero-order valence-corrected chi connectivity index (χ0v) is 31.0. The van der Waals surface area contributed by atoms with Crippen molar-refractivity contribution in [2.75, 3.05) is 0 Å². The number of fused-ring (bicyclic) bond motifs is 6. The SMILES string of the molecule is c1ccc(-c2nc(-c3ccc4c(c3)C(c3ccccc3)(c3ccccc3)c3ccccc3-4)nc(-c3ccc(-c4cccc5c4sc4ccccc45)cn3)n2)cc1. The molecule has 0 spiro atoms. The van der Waals surface area contributed by atoms with E-state index in [2.05, 4.69) is 152 Å². The van der Waals surface area contributed by atoms with E-state index in [9.17, 15) is 0 Å². The molecule has 0 saturated heterocycles. The van der Waals surface area contributed by atoms with Crippen molar-refractivity contribution in [3.05, 3.63) is 217 Å². The second kappa shape index (κ2) is 13.0. The molecule has 0 fully saturated rings. The van der Waals surface area contributed by atoms with Gasteiger partial charge in [0.25, 0.3) is 0 Å². The van der Waals surface area contributed by atoms with Gasteiger partial charge in [-0.05, 0) is 51.6 Å². The van der Waals surface area contributed by atoms with Crippen LogP contribution in [0.4, 0.5) is 0 Å². The van der Waals surface area contributed by atoms with E-state index < -0.39 is 5.41 Å². The summed E-state index contributed by atoms with van der Waals surface area (Å²) in [6.45, 7) is 0. The highest BCUT2D eigenvalue weighted by molar-refractivity contribution is 7.26. The highest BCUT2D eigenvalue weighted by Gasteiger charge is 2.46. The molecule has 0 N–H and O–H groups in total. The van der Waals surface area contributed by atoms with Gasteiger partial charge < -0.3 is 0 Å². The minimum Gasteiger partial charge on any atom is -0.252 e. The highest BCUT2D eigenvalue weighted by Crippen LogP contribution is 2.56. The van der Waals surface area contributed by atoms with Gasteiger partial charge in [0.1, 0.15) is 5.69 Å². The molecule has 0 atom stereocenters. The number of nitrogens with zero attached hydrogens (tertiary/aromatic N) is 4. The highest BCUT2D eigenvalue weighted by atomic mass is 32.1. The van der Waals surface area contributed by atoms with Crippen LogP contribution in [-0.2, 0) is 5.41 Å². The van der Waals surface area contributed by atoms with Gasteiger partial charge in [0.15, 0.2) is 17.5 Å². The molecule has 3 heterocycles. The fourth-order valence-corrected chi connectivity index (χ4v) is 9.82. The third-order valence-corrected chi connectivity index (χ3v) is 12.3. The molecule has 7 aromatic carbocycles. The molecule has 5 heteroatoms. The van der Waals surface area contributed by atoms with Crippen LogP contribution in [0.15, 0.2) is 194 Å². The van der Waals surface area contributed by atoms with Gasteiger partial charge in [-0.2, -0.15) is 0 Å². The second-order valence-corrected chi connectivity index (χ2v) is 15.2. The summed E-state index contributed by atoms with van der Waals surface area (Å²) < 4.78 is 2.55. The van der Waals surface area contributed by atoms with E-state index in [1.165, 1.54) is 59.1 Å². The van der Waals surface area contributed by atoms with Crippen LogP contribution >= 0.6 is 11.3 Å². The largest absolute Gasteiger partial charge is 0.252 e. The lowest BCUT2D eigenvalue weighted by atomic mass is 9.67. The lowest BCUT2D eigenvalue weighted by Crippen LogP contribution is -2.28. The number of hydrogen-bond donors (Lipinski definition) is 0. The van der Waals surface area contributed by atoms with Crippen LogP contribution in [0.25, 0.3) is 76.7 Å². The molecule has 10 aromatic rings. The Bertz CT molecular complexity index is 3030. The molecule has 0 saturated carbocycles. The monoisotopic (exact) mass is 732 g/mol. The van der Waals surface area contributed by atoms with Crippen LogP contribution in [0, 0.1) is 0 Å². The van der Waals surface area contributed by atoms with Gasteiger partial charge in [0, 0.05) is 48.6 Å². The van der Waals surface area contributed by atoms with E-state index in [0.717, 1.165) is 16.7 Å². The van der Waals surface area contributed by atoms with E-state index in [1.54, 1.807) is 0 Å². The lowest BCUT2D eigenvalue weighted by Gasteiger charge is -2.34. The summed E-state index contributed by atoms with van der Waals surface area (Å²) in [5.74, 6) is 1.73. The van der Waals surface area contributed by atoms with E-state index in [1.807, 2.05) is 53.9 Å². The number of aromatic nitrogens is 4. The average molecular weight is 733 g/mol. The van der Waals surface area contributed by atoms with Gasteiger partial charge in [-0.25, -0.2) is 15.0 Å². The van der Waals surface area contributed by atoms with E-state index in [-0.39, 0.29) is 0 Å². The molecule has 0 amide bonds. The van der Waals surface area contributed by atoms with Crippen molar-refractivity contribution >= 4 is 31.5 Å². The number of benzene rings is 7. The lowest BCUT2D eigenvalue weighted by molar-refractivity contribution is 0.768. The van der Waals surface area contributed by atoms with Crippen molar-refractivity contribution in [2.45, 2.75) is 5.41 Å². The van der Waals surface area contributed by atoms with Gasteiger partial charge in [0.2, 0.25) is 0 Å². The summed E-state index contributed by atoms with van der Waals surface area (Å²) in [6, 6.07) is 66.6. The minimum absolute atomic E-state index is 0.529. The zero-order chi connectivity index (χ0) is 37.1. The van der Waals surface area contributed by atoms with Gasteiger partial charge in [0.05, 0.1) is 5.41 Å². The first kappa shape index (κ1) is 32.4. The predicted octanol–water partition coefficient (Wildman–Crippen LogP) is 12.7. The average Bonchev–Trinajstić information content (AvgIpc) is 3.81.